The van der Waals surface area contributed by atoms with Gasteiger partial charge < -0.3 is 0 Å². The van der Waals surface area contributed by atoms with Crippen molar-refractivity contribution < 1.29 is 9.59 Å². The van der Waals surface area contributed by atoms with Crippen molar-refractivity contribution in [2.75, 3.05) is 0 Å². The molecular formula is C12H20O2. The van der Waals surface area contributed by atoms with Crippen LogP contribution in [0.15, 0.2) is 0 Å². The highest BCUT2D eigenvalue weighted by atomic mass is 16.2. The van der Waals surface area contributed by atoms with Crippen LogP contribution in [0.5, 0.6) is 0 Å². The Labute approximate surface area is 86.1 Å². The van der Waals surface area contributed by atoms with E-state index < -0.39 is 0 Å². The number of hydrogen-bond acceptors (Lipinski definition) is 2. The van der Waals surface area contributed by atoms with Crippen LogP contribution in [0.2, 0.25) is 0 Å². The lowest BCUT2D eigenvalue weighted by atomic mass is 9.77. The molecule has 0 spiro atoms. The summed E-state index contributed by atoms with van der Waals surface area (Å²) in [6, 6.07) is 0. The van der Waals surface area contributed by atoms with Gasteiger partial charge in [-0.05, 0) is 55.8 Å². The van der Waals surface area contributed by atoms with Crippen LogP contribution in [0.3, 0.4) is 0 Å². The summed E-state index contributed by atoms with van der Waals surface area (Å²) in [5, 5.41) is 0. The van der Waals surface area contributed by atoms with E-state index in [-0.39, 0.29) is 6.15 Å². The van der Waals surface area contributed by atoms with E-state index in [1.807, 2.05) is 0 Å². The first-order valence-corrected chi connectivity index (χ1v) is 5.61. The Morgan fingerprint density at radius 2 is 1.79 bits per heavy atom. The summed E-state index contributed by atoms with van der Waals surface area (Å²) in [6.45, 7) is 4.75. The number of hydrogen-bond donors (Lipinski definition) is 0. The molecular weight excluding hydrogens is 176 g/mol. The lowest BCUT2D eigenvalue weighted by molar-refractivity contribution is -0.191. The molecule has 2 saturated carbocycles. The van der Waals surface area contributed by atoms with Gasteiger partial charge in [-0.25, -0.2) is 0 Å². The summed E-state index contributed by atoms with van der Waals surface area (Å²) < 4.78 is 0. The SMILES string of the molecule is CC(C)CC12CCC(CC1)C2.O=C=O. The second-order valence-corrected chi connectivity index (χ2v) is 5.33. The molecule has 0 atom stereocenters. The van der Waals surface area contributed by atoms with Crippen LogP contribution in [0, 0.1) is 17.3 Å². The molecule has 2 rings (SSSR count). The van der Waals surface area contributed by atoms with Gasteiger partial charge in [-0.1, -0.05) is 13.8 Å². The maximum Gasteiger partial charge on any atom is 0.373 e. The summed E-state index contributed by atoms with van der Waals surface area (Å²) in [5.41, 5.74) is 0.832. The molecule has 2 bridgehead atoms. The molecule has 2 heteroatoms. The summed E-state index contributed by atoms with van der Waals surface area (Å²) in [7, 11) is 0. The Morgan fingerprint density at radius 1 is 1.29 bits per heavy atom. The molecule has 0 heterocycles. The summed E-state index contributed by atoms with van der Waals surface area (Å²) in [4.78, 5) is 16.2. The highest BCUT2D eigenvalue weighted by Gasteiger charge is 2.44. The molecule has 0 radical (unpaired) electrons. The first kappa shape index (κ1) is 11.5. The maximum absolute atomic E-state index is 8.12. The highest BCUT2D eigenvalue weighted by Crippen LogP contribution is 2.56. The molecule has 14 heavy (non-hydrogen) atoms. The molecule has 0 aromatic rings. The van der Waals surface area contributed by atoms with Gasteiger partial charge >= 0.3 is 6.15 Å². The van der Waals surface area contributed by atoms with Gasteiger partial charge in [-0.15, -0.1) is 0 Å². The van der Waals surface area contributed by atoms with Crippen molar-refractivity contribution in [3.05, 3.63) is 0 Å². The third kappa shape index (κ3) is 2.68. The Morgan fingerprint density at radius 3 is 2.07 bits per heavy atom. The molecule has 0 saturated heterocycles. The molecule has 2 aliphatic carbocycles. The van der Waals surface area contributed by atoms with E-state index in [0.717, 1.165) is 17.3 Å². The van der Waals surface area contributed by atoms with Crippen molar-refractivity contribution in [1.29, 1.82) is 0 Å². The van der Waals surface area contributed by atoms with Gasteiger partial charge in [-0.2, -0.15) is 9.59 Å². The molecule has 80 valence electrons. The maximum atomic E-state index is 8.12. The molecule has 0 unspecified atom stereocenters. The predicted molar refractivity (Wildman–Crippen MR) is 53.5 cm³/mol. The van der Waals surface area contributed by atoms with Crippen LogP contribution < -0.4 is 0 Å². The molecule has 0 aromatic carbocycles. The van der Waals surface area contributed by atoms with Gasteiger partial charge in [-0.3, -0.25) is 0 Å². The van der Waals surface area contributed by atoms with Crippen LogP contribution in [0.4, 0.5) is 0 Å². The van der Waals surface area contributed by atoms with E-state index in [9.17, 15) is 0 Å². The minimum absolute atomic E-state index is 0.250. The first-order valence-electron chi connectivity index (χ1n) is 5.61. The third-order valence-corrected chi connectivity index (χ3v) is 3.73. The van der Waals surface area contributed by atoms with Gasteiger partial charge in [0.25, 0.3) is 0 Å². The minimum atomic E-state index is 0.250. The quantitative estimate of drug-likeness (QED) is 0.680. The Balaban J connectivity index is 0.000000293. The average Bonchev–Trinajstić information content (AvgIpc) is 2.63. The van der Waals surface area contributed by atoms with Gasteiger partial charge in [0.15, 0.2) is 0 Å². The normalized spacial score (nSPS) is 33.8. The predicted octanol–water partition coefficient (Wildman–Crippen LogP) is 3.03. The largest absolute Gasteiger partial charge is 0.373 e. The van der Waals surface area contributed by atoms with Crippen molar-refractivity contribution in [1.82, 2.24) is 0 Å². The zero-order valence-corrected chi connectivity index (χ0v) is 9.21. The van der Waals surface area contributed by atoms with E-state index in [4.69, 9.17) is 9.59 Å². The van der Waals surface area contributed by atoms with E-state index in [2.05, 4.69) is 13.8 Å². The van der Waals surface area contributed by atoms with E-state index >= 15 is 0 Å². The number of carbonyl (C=O) groups excluding carboxylic acids is 2. The second-order valence-electron chi connectivity index (χ2n) is 5.33. The topological polar surface area (TPSA) is 34.1 Å². The number of fused-ring (bicyclic) bond motifs is 2. The summed E-state index contributed by atoms with van der Waals surface area (Å²) >= 11 is 0. The van der Waals surface area contributed by atoms with E-state index in [0.29, 0.717) is 0 Å². The van der Waals surface area contributed by atoms with Crippen molar-refractivity contribution in [3.8, 4) is 0 Å². The van der Waals surface area contributed by atoms with Crippen LogP contribution in [0.25, 0.3) is 0 Å². The second kappa shape index (κ2) is 4.75. The van der Waals surface area contributed by atoms with Gasteiger partial charge in [0.1, 0.15) is 0 Å². The van der Waals surface area contributed by atoms with E-state index in [1.165, 1.54) is 6.42 Å². The zero-order valence-electron chi connectivity index (χ0n) is 9.21. The third-order valence-electron chi connectivity index (χ3n) is 3.73. The fourth-order valence-corrected chi connectivity index (χ4v) is 3.46. The van der Waals surface area contributed by atoms with Crippen molar-refractivity contribution >= 4 is 6.15 Å². The van der Waals surface area contributed by atoms with E-state index in [1.54, 1.807) is 32.1 Å². The summed E-state index contributed by atoms with van der Waals surface area (Å²) in [5.74, 6) is 2.06. The number of rotatable bonds is 2. The fraction of sp³-hybridized carbons (Fsp3) is 0.917. The Hall–Kier alpha value is -0.620. The van der Waals surface area contributed by atoms with Crippen molar-refractivity contribution in [3.63, 3.8) is 0 Å². The average molecular weight is 196 g/mol. The van der Waals surface area contributed by atoms with Crippen molar-refractivity contribution in [2.24, 2.45) is 17.3 Å². The molecule has 0 amide bonds. The standard InChI is InChI=1S/C11H20.CO2/c1-9(2)7-11-5-3-10(8-11)4-6-11;2-1-3/h9-10H,3-8H2,1-2H3;. The van der Waals surface area contributed by atoms with Gasteiger partial charge in [0.05, 0.1) is 0 Å². The first-order chi connectivity index (χ1) is 6.62. The molecule has 0 aromatic heterocycles. The summed E-state index contributed by atoms with van der Waals surface area (Å²) in [6.07, 6.45) is 9.53. The van der Waals surface area contributed by atoms with Crippen LogP contribution in [0.1, 0.15) is 52.4 Å². The Bertz CT molecular complexity index is 206. The molecule has 0 aliphatic heterocycles. The molecule has 2 nitrogen and oxygen atoms in total. The fourth-order valence-electron chi connectivity index (χ4n) is 3.46. The monoisotopic (exact) mass is 196 g/mol. The highest BCUT2D eigenvalue weighted by molar-refractivity contribution is 5.20. The molecule has 2 aliphatic rings. The van der Waals surface area contributed by atoms with Crippen LogP contribution in [-0.2, 0) is 9.59 Å². The van der Waals surface area contributed by atoms with Crippen LogP contribution in [-0.4, -0.2) is 6.15 Å². The van der Waals surface area contributed by atoms with Crippen molar-refractivity contribution in [2.45, 2.75) is 52.4 Å². The molecule has 2 fully saturated rings. The Kier molecular flexibility index (Phi) is 3.88. The zero-order chi connectivity index (χ0) is 10.6. The van der Waals surface area contributed by atoms with Gasteiger partial charge in [0, 0.05) is 0 Å². The van der Waals surface area contributed by atoms with Gasteiger partial charge in [0.2, 0.25) is 0 Å². The smallest absolute Gasteiger partial charge is 0.186 e. The molecule has 0 N–H and O–H groups in total. The van der Waals surface area contributed by atoms with Crippen LogP contribution >= 0.6 is 0 Å². The lowest BCUT2D eigenvalue weighted by Crippen LogP contribution is -2.16. The minimum Gasteiger partial charge on any atom is -0.186 e. The lowest BCUT2D eigenvalue weighted by Gasteiger charge is -2.28.